The predicted octanol–water partition coefficient (Wildman–Crippen LogP) is 4.05. The van der Waals surface area contributed by atoms with Crippen molar-refractivity contribution in [1.29, 1.82) is 0 Å². The van der Waals surface area contributed by atoms with E-state index in [4.69, 9.17) is 16.3 Å². The molecule has 0 heterocycles. The second-order valence-electron chi connectivity index (χ2n) is 5.78. The first kappa shape index (κ1) is 19.4. The number of ether oxygens (including phenoxy) is 1. The summed E-state index contributed by atoms with van der Waals surface area (Å²) in [7, 11) is 0. The third-order valence-electron chi connectivity index (χ3n) is 3.68. The molecule has 2 aromatic carbocycles. The molecule has 0 aliphatic heterocycles. The van der Waals surface area contributed by atoms with Crippen LogP contribution in [0.2, 0.25) is 5.02 Å². The van der Waals surface area contributed by atoms with Gasteiger partial charge in [0.05, 0.1) is 10.5 Å². The molecule has 0 aliphatic rings. The van der Waals surface area contributed by atoms with Gasteiger partial charge < -0.3 is 10.1 Å². The smallest absolute Gasteiger partial charge is 0.339 e. The third kappa shape index (κ3) is 4.58. The van der Waals surface area contributed by atoms with Crippen LogP contribution < -0.4 is 5.32 Å². The van der Waals surface area contributed by atoms with E-state index in [1.54, 1.807) is 0 Å². The molecule has 8 heteroatoms. The molecule has 26 heavy (non-hydrogen) atoms. The van der Waals surface area contributed by atoms with Crippen molar-refractivity contribution in [2.45, 2.75) is 26.9 Å². The lowest BCUT2D eigenvalue weighted by atomic mass is 10.1. The van der Waals surface area contributed by atoms with E-state index in [0.717, 1.165) is 17.2 Å². The number of benzene rings is 2. The summed E-state index contributed by atoms with van der Waals surface area (Å²) in [5.74, 6) is -1.36. The van der Waals surface area contributed by atoms with Crippen LogP contribution in [-0.4, -0.2) is 22.9 Å². The minimum absolute atomic E-state index is 0.0625. The molecule has 0 aliphatic carbocycles. The van der Waals surface area contributed by atoms with Gasteiger partial charge in [0.15, 0.2) is 6.10 Å². The van der Waals surface area contributed by atoms with Crippen molar-refractivity contribution in [1.82, 2.24) is 0 Å². The Labute approximate surface area is 155 Å². The van der Waals surface area contributed by atoms with E-state index in [-0.39, 0.29) is 10.6 Å². The zero-order valence-electron chi connectivity index (χ0n) is 14.4. The number of carbonyl (C=O) groups excluding carboxylic acids is 2. The van der Waals surface area contributed by atoms with E-state index < -0.39 is 28.6 Å². The van der Waals surface area contributed by atoms with E-state index in [9.17, 15) is 19.7 Å². The van der Waals surface area contributed by atoms with Crippen molar-refractivity contribution in [2.75, 3.05) is 5.32 Å². The summed E-state index contributed by atoms with van der Waals surface area (Å²) in [6, 6.07) is 9.14. The fourth-order valence-corrected chi connectivity index (χ4v) is 2.35. The molecule has 1 N–H and O–H groups in total. The van der Waals surface area contributed by atoms with Gasteiger partial charge in [-0.2, -0.15) is 0 Å². The second-order valence-corrected chi connectivity index (χ2v) is 6.19. The fourth-order valence-electron chi connectivity index (χ4n) is 2.17. The van der Waals surface area contributed by atoms with Gasteiger partial charge in [0.1, 0.15) is 5.02 Å². The lowest BCUT2D eigenvalue weighted by Crippen LogP contribution is -2.30. The number of aryl methyl sites for hydroxylation is 2. The van der Waals surface area contributed by atoms with Gasteiger partial charge in [-0.15, -0.1) is 0 Å². The van der Waals surface area contributed by atoms with Crippen LogP contribution in [0.25, 0.3) is 0 Å². The van der Waals surface area contributed by atoms with Gasteiger partial charge in [-0.1, -0.05) is 23.7 Å². The van der Waals surface area contributed by atoms with Crippen molar-refractivity contribution in [2.24, 2.45) is 0 Å². The molecule has 2 aromatic rings. The van der Waals surface area contributed by atoms with E-state index in [0.29, 0.717) is 5.69 Å². The topological polar surface area (TPSA) is 98.5 Å². The molecule has 1 amide bonds. The molecule has 0 bridgehead atoms. The Morgan fingerprint density at radius 3 is 2.54 bits per heavy atom. The number of carbonyl (C=O) groups is 2. The summed E-state index contributed by atoms with van der Waals surface area (Å²) >= 11 is 5.71. The molecule has 2 rings (SSSR count). The Kier molecular flexibility index (Phi) is 5.94. The second kappa shape index (κ2) is 7.97. The molecule has 0 saturated heterocycles. The maximum atomic E-state index is 12.3. The Hall–Kier alpha value is -2.93. The minimum atomic E-state index is -1.09. The molecular weight excluding hydrogens is 360 g/mol. The van der Waals surface area contributed by atoms with Gasteiger partial charge in [0.2, 0.25) is 0 Å². The summed E-state index contributed by atoms with van der Waals surface area (Å²) in [5.41, 5.74) is 2.00. The van der Waals surface area contributed by atoms with Crippen molar-refractivity contribution in [3.63, 3.8) is 0 Å². The number of nitro benzene ring substituents is 1. The lowest BCUT2D eigenvalue weighted by Gasteiger charge is -2.15. The van der Waals surface area contributed by atoms with Crippen molar-refractivity contribution in [3.05, 3.63) is 68.2 Å². The van der Waals surface area contributed by atoms with Crippen LogP contribution in [0.3, 0.4) is 0 Å². The maximum Gasteiger partial charge on any atom is 0.339 e. The van der Waals surface area contributed by atoms with Crippen LogP contribution in [-0.2, 0) is 9.53 Å². The van der Waals surface area contributed by atoms with Crippen LogP contribution in [0.5, 0.6) is 0 Å². The summed E-state index contributed by atoms with van der Waals surface area (Å²) in [5, 5.41) is 13.5. The number of hydrogen-bond acceptors (Lipinski definition) is 5. The summed E-state index contributed by atoms with van der Waals surface area (Å²) < 4.78 is 5.10. The summed E-state index contributed by atoms with van der Waals surface area (Å²) in [6.07, 6.45) is -1.09. The molecule has 0 spiro atoms. The minimum Gasteiger partial charge on any atom is -0.449 e. The van der Waals surface area contributed by atoms with Crippen molar-refractivity contribution >= 4 is 34.9 Å². The number of nitrogens with one attached hydrogen (secondary N) is 1. The van der Waals surface area contributed by atoms with Gasteiger partial charge in [-0.05, 0) is 50.1 Å². The molecule has 1 atom stereocenters. The van der Waals surface area contributed by atoms with Crippen LogP contribution in [0.15, 0.2) is 36.4 Å². The van der Waals surface area contributed by atoms with Crippen LogP contribution in [0, 0.1) is 24.0 Å². The largest absolute Gasteiger partial charge is 0.449 e. The van der Waals surface area contributed by atoms with Gasteiger partial charge in [0.25, 0.3) is 11.6 Å². The average molecular weight is 377 g/mol. The third-order valence-corrected chi connectivity index (χ3v) is 4.00. The number of esters is 1. The SMILES string of the molecule is Cc1ccc(C)c(NC(=O)C(C)OC(=O)c2ccc(Cl)c([N+](=O)[O-])c2)c1. The van der Waals surface area contributed by atoms with Crippen LogP contribution in [0.1, 0.15) is 28.4 Å². The number of nitrogens with zero attached hydrogens (tertiary/aromatic N) is 1. The Bertz CT molecular complexity index is 882. The number of nitro groups is 1. The van der Waals surface area contributed by atoms with E-state index in [1.165, 1.54) is 19.1 Å². The Morgan fingerprint density at radius 1 is 1.19 bits per heavy atom. The number of halogens is 1. The molecule has 136 valence electrons. The molecule has 0 fully saturated rings. The van der Waals surface area contributed by atoms with Crippen molar-refractivity contribution < 1.29 is 19.2 Å². The van der Waals surface area contributed by atoms with E-state index in [1.807, 2.05) is 32.0 Å². The Morgan fingerprint density at radius 2 is 1.88 bits per heavy atom. The normalized spacial score (nSPS) is 11.5. The van der Waals surface area contributed by atoms with Gasteiger partial charge >= 0.3 is 5.97 Å². The number of rotatable bonds is 5. The molecule has 0 saturated carbocycles. The number of amides is 1. The van der Waals surface area contributed by atoms with Crippen molar-refractivity contribution in [3.8, 4) is 0 Å². The van der Waals surface area contributed by atoms with Gasteiger partial charge in [-0.25, -0.2) is 4.79 Å². The Balaban J connectivity index is 2.09. The summed E-state index contributed by atoms with van der Waals surface area (Å²) in [6.45, 7) is 5.16. The first-order chi connectivity index (χ1) is 12.2. The summed E-state index contributed by atoms with van der Waals surface area (Å²) in [4.78, 5) is 34.6. The molecule has 1 unspecified atom stereocenters. The highest BCUT2D eigenvalue weighted by Crippen LogP contribution is 2.25. The average Bonchev–Trinajstić information content (AvgIpc) is 2.58. The van der Waals surface area contributed by atoms with E-state index >= 15 is 0 Å². The fraction of sp³-hybridized carbons (Fsp3) is 0.222. The highest BCUT2D eigenvalue weighted by Gasteiger charge is 2.22. The van der Waals surface area contributed by atoms with Gasteiger partial charge in [-0.3, -0.25) is 14.9 Å². The predicted molar refractivity (Wildman–Crippen MR) is 97.5 cm³/mol. The van der Waals surface area contributed by atoms with Gasteiger partial charge in [0, 0.05) is 11.8 Å². The zero-order valence-corrected chi connectivity index (χ0v) is 15.2. The maximum absolute atomic E-state index is 12.3. The molecular formula is C18H17ClN2O5. The highest BCUT2D eigenvalue weighted by atomic mass is 35.5. The van der Waals surface area contributed by atoms with Crippen LogP contribution in [0.4, 0.5) is 11.4 Å². The monoisotopic (exact) mass is 376 g/mol. The first-order valence-corrected chi connectivity index (χ1v) is 8.10. The quantitative estimate of drug-likeness (QED) is 0.482. The number of hydrogen-bond donors (Lipinski definition) is 1. The first-order valence-electron chi connectivity index (χ1n) is 7.72. The molecule has 0 aromatic heterocycles. The number of anilines is 1. The zero-order chi connectivity index (χ0) is 19.4. The lowest BCUT2D eigenvalue weighted by molar-refractivity contribution is -0.384. The standard InChI is InChI=1S/C18H17ClN2O5/c1-10-4-5-11(2)15(8-10)20-17(22)12(3)26-18(23)13-6-7-14(19)16(9-13)21(24)25/h4-9,12H,1-3H3,(H,20,22). The van der Waals surface area contributed by atoms with E-state index in [2.05, 4.69) is 5.32 Å². The molecule has 7 nitrogen and oxygen atoms in total. The highest BCUT2D eigenvalue weighted by molar-refractivity contribution is 6.32. The molecule has 0 radical (unpaired) electrons. The van der Waals surface area contributed by atoms with Crippen LogP contribution >= 0.6 is 11.6 Å².